The predicted octanol–water partition coefficient (Wildman–Crippen LogP) is 2.67. The zero-order valence-corrected chi connectivity index (χ0v) is 11.2. The molecular weight excluding hydrogens is 240 g/mol. The number of rotatable bonds is 4. The average Bonchev–Trinajstić information content (AvgIpc) is 3.03. The van der Waals surface area contributed by atoms with Gasteiger partial charge in [-0.25, -0.2) is 5.43 Å². The van der Waals surface area contributed by atoms with E-state index in [2.05, 4.69) is 30.5 Å². The van der Waals surface area contributed by atoms with E-state index >= 15 is 0 Å². The van der Waals surface area contributed by atoms with Crippen molar-refractivity contribution in [3.05, 3.63) is 35.6 Å². The molecule has 2 atom stereocenters. The molecule has 1 aromatic heterocycles. The molecule has 102 valence electrons. The maximum absolute atomic E-state index is 5.90. The molecule has 19 heavy (non-hydrogen) atoms. The Balaban J connectivity index is 1.83. The number of hydrogen-bond donors (Lipinski definition) is 2. The van der Waals surface area contributed by atoms with Gasteiger partial charge in [0.25, 0.3) is 0 Å². The van der Waals surface area contributed by atoms with Gasteiger partial charge in [-0.1, -0.05) is 11.6 Å². The van der Waals surface area contributed by atoms with E-state index in [0.717, 1.165) is 42.8 Å². The molecule has 0 radical (unpaired) electrons. The van der Waals surface area contributed by atoms with Gasteiger partial charge in [0.05, 0.1) is 6.04 Å². The summed E-state index contributed by atoms with van der Waals surface area (Å²) in [5.41, 5.74) is 5.03. The maximum Gasteiger partial charge on any atom is 0.134 e. The van der Waals surface area contributed by atoms with Gasteiger partial charge in [-0.2, -0.15) is 0 Å². The van der Waals surface area contributed by atoms with Gasteiger partial charge in [0, 0.05) is 18.6 Å². The Morgan fingerprint density at radius 1 is 1.42 bits per heavy atom. The Morgan fingerprint density at radius 2 is 2.32 bits per heavy atom. The van der Waals surface area contributed by atoms with Crippen LogP contribution in [-0.4, -0.2) is 13.2 Å². The van der Waals surface area contributed by atoms with E-state index in [0.29, 0.717) is 5.92 Å². The molecule has 1 aromatic carbocycles. The predicted molar refractivity (Wildman–Crippen MR) is 74.6 cm³/mol. The van der Waals surface area contributed by atoms with Gasteiger partial charge in [0.15, 0.2) is 0 Å². The fourth-order valence-electron chi connectivity index (χ4n) is 2.72. The smallest absolute Gasteiger partial charge is 0.134 e. The largest absolute Gasteiger partial charge is 0.459 e. The summed E-state index contributed by atoms with van der Waals surface area (Å²) in [7, 11) is 0. The second kappa shape index (κ2) is 5.33. The first-order valence-electron chi connectivity index (χ1n) is 6.80. The summed E-state index contributed by atoms with van der Waals surface area (Å²) >= 11 is 0. The molecule has 4 heteroatoms. The highest BCUT2D eigenvalue weighted by Crippen LogP contribution is 2.30. The number of nitrogens with two attached hydrogens (primary N) is 1. The number of ether oxygens (including phenoxy) is 1. The van der Waals surface area contributed by atoms with Gasteiger partial charge in [-0.05, 0) is 43.9 Å². The molecule has 3 rings (SSSR count). The van der Waals surface area contributed by atoms with Crippen LogP contribution in [0.25, 0.3) is 11.0 Å². The summed E-state index contributed by atoms with van der Waals surface area (Å²) in [5.74, 6) is 7.16. The molecule has 4 nitrogen and oxygen atoms in total. The van der Waals surface area contributed by atoms with Crippen molar-refractivity contribution in [2.24, 2.45) is 11.8 Å². The zero-order valence-electron chi connectivity index (χ0n) is 11.2. The quantitative estimate of drug-likeness (QED) is 0.655. The summed E-state index contributed by atoms with van der Waals surface area (Å²) in [6.07, 6.45) is 2.06. The number of benzene rings is 1. The first kappa shape index (κ1) is 12.7. The van der Waals surface area contributed by atoms with E-state index in [1.807, 2.05) is 6.07 Å². The second-order valence-electron chi connectivity index (χ2n) is 5.37. The van der Waals surface area contributed by atoms with Crippen LogP contribution in [0.5, 0.6) is 0 Å². The highest BCUT2D eigenvalue weighted by atomic mass is 16.5. The normalized spacial score (nSPS) is 21.1. The van der Waals surface area contributed by atoms with E-state index in [1.54, 1.807) is 0 Å². The van der Waals surface area contributed by atoms with Crippen molar-refractivity contribution >= 4 is 11.0 Å². The molecule has 0 aliphatic carbocycles. The Labute approximate surface area is 112 Å². The van der Waals surface area contributed by atoms with E-state index in [9.17, 15) is 0 Å². The second-order valence-corrected chi connectivity index (χ2v) is 5.37. The number of hydrogen-bond acceptors (Lipinski definition) is 4. The number of furan rings is 1. The minimum absolute atomic E-state index is 0.0550. The first-order chi connectivity index (χ1) is 9.26. The van der Waals surface area contributed by atoms with Crippen LogP contribution in [0.15, 0.2) is 28.7 Å². The van der Waals surface area contributed by atoms with E-state index in [-0.39, 0.29) is 6.04 Å². The Bertz CT molecular complexity index is 558. The van der Waals surface area contributed by atoms with Crippen molar-refractivity contribution in [3.8, 4) is 0 Å². The van der Waals surface area contributed by atoms with E-state index in [4.69, 9.17) is 15.0 Å². The van der Waals surface area contributed by atoms with E-state index < -0.39 is 0 Å². The van der Waals surface area contributed by atoms with Gasteiger partial charge < -0.3 is 9.15 Å². The van der Waals surface area contributed by atoms with Crippen molar-refractivity contribution in [2.75, 3.05) is 13.2 Å². The third-order valence-electron chi connectivity index (χ3n) is 3.83. The Hall–Kier alpha value is -1.36. The van der Waals surface area contributed by atoms with Crippen LogP contribution in [0.2, 0.25) is 0 Å². The topological polar surface area (TPSA) is 60.4 Å². The van der Waals surface area contributed by atoms with Crippen LogP contribution in [0, 0.1) is 12.8 Å². The minimum atomic E-state index is 0.0550. The molecule has 1 aliphatic heterocycles. The standard InChI is InChI=1S/C15H20N2O2/c1-10-2-3-14-12(6-10)8-15(19-14)13(17-16)7-11-4-5-18-9-11/h2-3,6,8,11,13,17H,4-5,7,9,16H2,1H3. The summed E-state index contributed by atoms with van der Waals surface area (Å²) in [6, 6.07) is 8.35. The summed E-state index contributed by atoms with van der Waals surface area (Å²) in [5, 5.41) is 1.14. The van der Waals surface area contributed by atoms with Crippen molar-refractivity contribution in [3.63, 3.8) is 0 Å². The monoisotopic (exact) mass is 260 g/mol. The van der Waals surface area contributed by atoms with Crippen LogP contribution < -0.4 is 11.3 Å². The number of fused-ring (bicyclic) bond motifs is 1. The lowest BCUT2D eigenvalue weighted by atomic mass is 9.98. The molecule has 1 fully saturated rings. The van der Waals surface area contributed by atoms with Crippen molar-refractivity contribution in [1.82, 2.24) is 5.43 Å². The molecule has 2 aromatic rings. The van der Waals surface area contributed by atoms with Gasteiger partial charge >= 0.3 is 0 Å². The SMILES string of the molecule is Cc1ccc2oc(C(CC3CCOC3)NN)cc2c1. The molecule has 0 saturated carbocycles. The Morgan fingerprint density at radius 3 is 3.05 bits per heavy atom. The average molecular weight is 260 g/mol. The molecule has 1 saturated heterocycles. The van der Waals surface area contributed by atoms with Crippen LogP contribution >= 0.6 is 0 Å². The third kappa shape index (κ3) is 2.66. The molecule has 3 N–H and O–H groups in total. The van der Waals surface area contributed by atoms with Crippen LogP contribution in [0.3, 0.4) is 0 Å². The number of aryl methyl sites for hydroxylation is 1. The summed E-state index contributed by atoms with van der Waals surface area (Å²) in [4.78, 5) is 0. The van der Waals surface area contributed by atoms with Gasteiger partial charge in [0.1, 0.15) is 11.3 Å². The van der Waals surface area contributed by atoms with Crippen LogP contribution in [-0.2, 0) is 4.74 Å². The van der Waals surface area contributed by atoms with Crippen molar-refractivity contribution in [1.29, 1.82) is 0 Å². The highest BCUT2D eigenvalue weighted by Gasteiger charge is 2.23. The third-order valence-corrected chi connectivity index (χ3v) is 3.83. The van der Waals surface area contributed by atoms with E-state index in [1.165, 1.54) is 5.56 Å². The van der Waals surface area contributed by atoms with Crippen molar-refractivity contribution < 1.29 is 9.15 Å². The van der Waals surface area contributed by atoms with Crippen molar-refractivity contribution in [2.45, 2.75) is 25.8 Å². The lowest BCUT2D eigenvalue weighted by Crippen LogP contribution is -2.29. The first-order valence-corrected chi connectivity index (χ1v) is 6.80. The lowest BCUT2D eigenvalue weighted by molar-refractivity contribution is 0.180. The Kier molecular flexibility index (Phi) is 3.55. The summed E-state index contributed by atoms with van der Waals surface area (Å²) in [6.45, 7) is 3.78. The molecule has 0 amide bonds. The maximum atomic E-state index is 5.90. The van der Waals surface area contributed by atoms with Gasteiger partial charge in [-0.15, -0.1) is 0 Å². The molecular formula is C15H20N2O2. The molecule has 2 unspecified atom stereocenters. The fraction of sp³-hybridized carbons (Fsp3) is 0.467. The molecule has 2 heterocycles. The van der Waals surface area contributed by atoms with Crippen LogP contribution in [0.1, 0.15) is 30.2 Å². The zero-order chi connectivity index (χ0) is 13.2. The number of hydrazine groups is 1. The van der Waals surface area contributed by atoms with Gasteiger partial charge in [0.2, 0.25) is 0 Å². The highest BCUT2D eigenvalue weighted by molar-refractivity contribution is 5.78. The lowest BCUT2D eigenvalue weighted by Gasteiger charge is -2.16. The van der Waals surface area contributed by atoms with Gasteiger partial charge in [-0.3, -0.25) is 5.84 Å². The molecule has 0 spiro atoms. The minimum Gasteiger partial charge on any atom is -0.459 e. The number of nitrogens with one attached hydrogen (secondary N) is 1. The fourth-order valence-corrected chi connectivity index (χ4v) is 2.72. The molecule has 1 aliphatic rings. The van der Waals surface area contributed by atoms with Crippen LogP contribution in [0.4, 0.5) is 0 Å². The summed E-state index contributed by atoms with van der Waals surface area (Å²) < 4.78 is 11.3. The molecule has 0 bridgehead atoms.